The summed E-state index contributed by atoms with van der Waals surface area (Å²) >= 11 is 0. The maximum absolute atomic E-state index is 12.5. The van der Waals surface area contributed by atoms with E-state index in [2.05, 4.69) is 25.0 Å². The van der Waals surface area contributed by atoms with Gasteiger partial charge in [-0.1, -0.05) is 6.07 Å². The third kappa shape index (κ3) is 3.92. The lowest BCUT2D eigenvalue weighted by Crippen LogP contribution is -2.15. The molecule has 1 amide bonds. The van der Waals surface area contributed by atoms with Crippen LogP contribution in [-0.2, 0) is 10.0 Å². The Morgan fingerprint density at radius 3 is 2.41 bits per heavy atom. The number of anilines is 2. The molecule has 9 nitrogen and oxygen atoms in total. The van der Waals surface area contributed by atoms with Crippen LogP contribution in [0.2, 0.25) is 0 Å². The molecule has 0 unspecified atom stereocenters. The van der Waals surface area contributed by atoms with E-state index < -0.39 is 10.0 Å². The first-order valence-corrected chi connectivity index (χ1v) is 10.1. The standard InChI is InChI=1S/C19H16N6O3S/c1-13-4-2-5-17-23-16(12-25(13)17)18(26)22-14-6-8-15(9-7-14)29(27,28)24-19-20-10-3-11-21-19/h2-12H,1H3,(H,22,26)(H,20,21,24). The molecule has 3 aromatic heterocycles. The fourth-order valence-electron chi connectivity index (χ4n) is 2.70. The topological polar surface area (TPSA) is 118 Å². The van der Waals surface area contributed by atoms with Gasteiger partial charge in [0.25, 0.3) is 15.9 Å². The maximum Gasteiger partial charge on any atom is 0.275 e. The number of imidazole rings is 1. The summed E-state index contributed by atoms with van der Waals surface area (Å²) in [7, 11) is -3.84. The van der Waals surface area contributed by atoms with Crippen LogP contribution < -0.4 is 10.0 Å². The number of pyridine rings is 1. The van der Waals surface area contributed by atoms with Crippen molar-refractivity contribution in [2.75, 3.05) is 10.0 Å². The first-order valence-electron chi connectivity index (χ1n) is 8.58. The van der Waals surface area contributed by atoms with Gasteiger partial charge >= 0.3 is 0 Å². The van der Waals surface area contributed by atoms with E-state index in [1.54, 1.807) is 12.3 Å². The zero-order valence-corrected chi connectivity index (χ0v) is 16.1. The normalized spacial score (nSPS) is 11.3. The number of nitrogens with zero attached hydrogens (tertiary/aromatic N) is 4. The molecule has 0 bridgehead atoms. The van der Waals surface area contributed by atoms with Crippen LogP contribution in [0.5, 0.6) is 0 Å². The number of carbonyl (C=O) groups excluding carboxylic acids is 1. The summed E-state index contributed by atoms with van der Waals surface area (Å²) in [6, 6.07) is 13.0. The lowest BCUT2D eigenvalue weighted by molar-refractivity contribution is 0.102. The second-order valence-electron chi connectivity index (χ2n) is 6.18. The van der Waals surface area contributed by atoms with Crippen LogP contribution >= 0.6 is 0 Å². The molecular formula is C19H16N6O3S. The van der Waals surface area contributed by atoms with Crippen LogP contribution in [0.25, 0.3) is 5.65 Å². The Morgan fingerprint density at radius 2 is 1.72 bits per heavy atom. The van der Waals surface area contributed by atoms with E-state index in [0.29, 0.717) is 11.3 Å². The number of sulfonamides is 1. The highest BCUT2D eigenvalue weighted by Gasteiger charge is 2.16. The van der Waals surface area contributed by atoms with E-state index in [9.17, 15) is 13.2 Å². The average Bonchev–Trinajstić information content (AvgIpc) is 3.15. The smallest absolute Gasteiger partial charge is 0.275 e. The lowest BCUT2D eigenvalue weighted by atomic mass is 10.3. The third-order valence-electron chi connectivity index (χ3n) is 4.14. The second-order valence-corrected chi connectivity index (χ2v) is 7.86. The van der Waals surface area contributed by atoms with Gasteiger partial charge < -0.3 is 9.72 Å². The van der Waals surface area contributed by atoms with E-state index in [4.69, 9.17) is 0 Å². The number of aromatic nitrogens is 4. The molecule has 0 aliphatic carbocycles. The lowest BCUT2D eigenvalue weighted by Gasteiger charge is -2.08. The summed E-state index contributed by atoms with van der Waals surface area (Å²) in [4.78, 5) is 24.5. The van der Waals surface area contributed by atoms with Crippen LogP contribution in [0.3, 0.4) is 0 Å². The Labute approximate surface area is 166 Å². The number of rotatable bonds is 5. The molecule has 0 fully saturated rings. The van der Waals surface area contributed by atoms with E-state index in [1.807, 2.05) is 29.5 Å². The van der Waals surface area contributed by atoms with Crippen molar-refractivity contribution >= 4 is 33.2 Å². The first-order chi connectivity index (χ1) is 13.9. The zero-order valence-electron chi connectivity index (χ0n) is 15.3. The number of nitrogens with one attached hydrogen (secondary N) is 2. The van der Waals surface area contributed by atoms with Gasteiger partial charge in [-0.3, -0.25) is 4.79 Å². The summed E-state index contributed by atoms with van der Waals surface area (Å²) in [6.07, 6.45) is 4.53. The number of hydrogen-bond acceptors (Lipinski definition) is 6. The highest BCUT2D eigenvalue weighted by atomic mass is 32.2. The highest BCUT2D eigenvalue weighted by Crippen LogP contribution is 2.17. The molecule has 0 aliphatic rings. The van der Waals surface area contributed by atoms with Gasteiger partial charge in [-0.15, -0.1) is 0 Å². The van der Waals surface area contributed by atoms with Crippen molar-refractivity contribution < 1.29 is 13.2 Å². The van der Waals surface area contributed by atoms with E-state index in [1.165, 1.54) is 36.7 Å². The Morgan fingerprint density at radius 1 is 1.00 bits per heavy atom. The average molecular weight is 408 g/mol. The molecule has 146 valence electrons. The number of benzene rings is 1. The second kappa shape index (κ2) is 7.32. The van der Waals surface area contributed by atoms with E-state index in [0.717, 1.165) is 5.69 Å². The van der Waals surface area contributed by atoms with E-state index >= 15 is 0 Å². The van der Waals surface area contributed by atoms with Crippen LogP contribution in [0, 0.1) is 6.92 Å². The van der Waals surface area contributed by atoms with Crippen LogP contribution in [0.15, 0.2) is 72.0 Å². The van der Waals surface area contributed by atoms with E-state index in [-0.39, 0.29) is 22.4 Å². The molecule has 0 aliphatic heterocycles. The third-order valence-corrected chi connectivity index (χ3v) is 5.49. The quantitative estimate of drug-likeness (QED) is 0.524. The van der Waals surface area contributed by atoms with Crippen molar-refractivity contribution in [3.05, 3.63) is 78.5 Å². The largest absolute Gasteiger partial charge is 0.321 e. The number of carbonyl (C=O) groups is 1. The number of fused-ring (bicyclic) bond motifs is 1. The predicted octanol–water partition coefficient (Wildman–Crippen LogP) is 2.49. The van der Waals surface area contributed by atoms with Crippen molar-refractivity contribution in [2.45, 2.75) is 11.8 Å². The Bertz CT molecular complexity index is 1280. The van der Waals surface area contributed by atoms with Gasteiger partial charge in [0.1, 0.15) is 11.3 Å². The van der Waals surface area contributed by atoms with Crippen LogP contribution in [0.4, 0.5) is 11.6 Å². The van der Waals surface area contributed by atoms with Crippen LogP contribution in [-0.4, -0.2) is 33.7 Å². The zero-order chi connectivity index (χ0) is 20.4. The van der Waals surface area contributed by atoms with Gasteiger partial charge in [-0.2, -0.15) is 0 Å². The molecule has 0 radical (unpaired) electrons. The molecule has 29 heavy (non-hydrogen) atoms. The van der Waals surface area contributed by atoms with Crippen molar-refractivity contribution in [3.63, 3.8) is 0 Å². The van der Waals surface area contributed by atoms with Crippen molar-refractivity contribution in [3.8, 4) is 0 Å². The molecule has 10 heteroatoms. The van der Waals surface area contributed by atoms with Gasteiger partial charge in [-0.25, -0.2) is 28.1 Å². The predicted molar refractivity (Wildman–Crippen MR) is 107 cm³/mol. The van der Waals surface area contributed by atoms with Gasteiger partial charge in [0.2, 0.25) is 5.95 Å². The summed E-state index contributed by atoms with van der Waals surface area (Å²) in [5.74, 6) is -0.411. The minimum atomic E-state index is -3.84. The summed E-state index contributed by atoms with van der Waals surface area (Å²) in [6.45, 7) is 1.92. The Balaban J connectivity index is 1.50. The minimum absolute atomic E-state index is 0.0197. The number of amides is 1. The van der Waals surface area contributed by atoms with Crippen molar-refractivity contribution in [1.82, 2.24) is 19.4 Å². The minimum Gasteiger partial charge on any atom is -0.321 e. The van der Waals surface area contributed by atoms with Gasteiger partial charge in [-0.05, 0) is 49.4 Å². The van der Waals surface area contributed by atoms with Crippen LogP contribution in [0.1, 0.15) is 16.2 Å². The van der Waals surface area contributed by atoms with Crippen molar-refractivity contribution in [1.29, 1.82) is 0 Å². The SMILES string of the molecule is Cc1cccc2nc(C(=O)Nc3ccc(S(=O)(=O)Nc4ncccn4)cc3)cn12. The molecule has 4 aromatic rings. The van der Waals surface area contributed by atoms with Gasteiger partial charge in [0.15, 0.2) is 0 Å². The molecule has 0 spiro atoms. The molecule has 0 atom stereocenters. The summed E-state index contributed by atoms with van der Waals surface area (Å²) < 4.78 is 28.9. The van der Waals surface area contributed by atoms with Gasteiger partial charge in [0.05, 0.1) is 4.90 Å². The Kier molecular flexibility index (Phi) is 4.69. The fraction of sp³-hybridized carbons (Fsp3) is 0.0526. The summed E-state index contributed by atoms with van der Waals surface area (Å²) in [5, 5.41) is 2.71. The summed E-state index contributed by atoms with van der Waals surface area (Å²) in [5.41, 5.74) is 2.34. The maximum atomic E-state index is 12.5. The molecule has 2 N–H and O–H groups in total. The fourth-order valence-corrected chi connectivity index (χ4v) is 3.66. The molecule has 4 rings (SSSR count). The number of aryl methyl sites for hydroxylation is 1. The monoisotopic (exact) mass is 408 g/mol. The number of hydrogen-bond donors (Lipinski definition) is 2. The van der Waals surface area contributed by atoms with Crippen molar-refractivity contribution in [2.24, 2.45) is 0 Å². The molecule has 3 heterocycles. The molecule has 1 aromatic carbocycles. The Hall–Kier alpha value is -3.79. The molecule has 0 saturated carbocycles. The first kappa shape index (κ1) is 18.6. The molecular weight excluding hydrogens is 392 g/mol. The van der Waals surface area contributed by atoms with Gasteiger partial charge in [0, 0.05) is 30.0 Å². The molecule has 0 saturated heterocycles. The highest BCUT2D eigenvalue weighted by molar-refractivity contribution is 7.92.